The topological polar surface area (TPSA) is 82.6 Å². The van der Waals surface area contributed by atoms with Crippen LogP contribution in [0.15, 0.2) is 24.3 Å². The molecule has 7 nitrogen and oxygen atoms in total. The number of hydrogen-bond donors (Lipinski definition) is 1. The number of nitrogens with zero attached hydrogens (tertiary/aromatic N) is 3. The molecule has 1 aliphatic rings. The first-order valence-electron chi connectivity index (χ1n) is 9.71. The second kappa shape index (κ2) is 9.17. The number of carbonyl (C=O) groups is 3. The first-order chi connectivity index (χ1) is 13.8. The van der Waals surface area contributed by atoms with Gasteiger partial charge in [-0.2, -0.15) is 0 Å². The van der Waals surface area contributed by atoms with E-state index in [9.17, 15) is 14.4 Å². The molecule has 0 atom stereocenters. The highest BCUT2D eigenvalue weighted by molar-refractivity contribution is 7.15. The van der Waals surface area contributed by atoms with Gasteiger partial charge in [-0.25, -0.2) is 4.98 Å². The van der Waals surface area contributed by atoms with Gasteiger partial charge < -0.3 is 15.1 Å². The fraction of sp³-hybridized carbons (Fsp3) is 0.429. The summed E-state index contributed by atoms with van der Waals surface area (Å²) in [7, 11) is 0. The summed E-state index contributed by atoms with van der Waals surface area (Å²) in [6.07, 6.45) is 0.631. The predicted molar refractivity (Wildman–Crippen MR) is 113 cm³/mol. The van der Waals surface area contributed by atoms with Crippen LogP contribution in [0.25, 0.3) is 10.6 Å². The maximum Gasteiger partial charge on any atom is 0.312 e. The molecule has 2 aromatic rings. The van der Waals surface area contributed by atoms with Crippen LogP contribution in [0.5, 0.6) is 0 Å². The predicted octanol–water partition coefficient (Wildman–Crippen LogP) is 1.78. The Hall–Kier alpha value is -2.74. The van der Waals surface area contributed by atoms with Crippen molar-refractivity contribution in [2.45, 2.75) is 27.2 Å². The lowest BCUT2D eigenvalue weighted by Crippen LogP contribution is -2.53. The fourth-order valence-electron chi connectivity index (χ4n) is 3.29. The van der Waals surface area contributed by atoms with Gasteiger partial charge in [-0.3, -0.25) is 14.4 Å². The van der Waals surface area contributed by atoms with E-state index in [1.54, 1.807) is 16.2 Å². The molecule has 0 saturated carbocycles. The standard InChI is InChI=1S/C21H26N4O3S/c1-14-5-4-6-17(13-14)20-23-15(2)18(29-20)7-8-22-19(27)21(28)25-11-9-24(10-12-25)16(3)26/h4-6,13H,7-12H2,1-3H3,(H,22,27). The Morgan fingerprint density at radius 3 is 2.45 bits per heavy atom. The highest BCUT2D eigenvalue weighted by Crippen LogP contribution is 2.28. The molecule has 0 spiro atoms. The molecule has 3 amide bonds. The van der Waals surface area contributed by atoms with Crippen molar-refractivity contribution < 1.29 is 14.4 Å². The van der Waals surface area contributed by atoms with Crippen molar-refractivity contribution in [1.82, 2.24) is 20.1 Å². The van der Waals surface area contributed by atoms with E-state index in [1.807, 2.05) is 19.1 Å². The lowest BCUT2D eigenvalue weighted by molar-refractivity contribution is -0.148. The first kappa shape index (κ1) is 21.0. The van der Waals surface area contributed by atoms with E-state index in [0.29, 0.717) is 39.1 Å². The number of hydrogen-bond acceptors (Lipinski definition) is 5. The van der Waals surface area contributed by atoms with Crippen LogP contribution >= 0.6 is 11.3 Å². The molecule has 1 aliphatic heterocycles. The van der Waals surface area contributed by atoms with Crippen molar-refractivity contribution in [2.24, 2.45) is 0 Å². The number of rotatable bonds is 4. The average Bonchev–Trinajstić information content (AvgIpc) is 3.08. The SMILES string of the molecule is CC(=O)N1CCN(C(=O)C(=O)NCCc2sc(-c3cccc(C)c3)nc2C)CC1. The molecule has 2 heterocycles. The molecule has 1 saturated heterocycles. The monoisotopic (exact) mass is 414 g/mol. The van der Waals surface area contributed by atoms with Crippen molar-refractivity contribution in [3.63, 3.8) is 0 Å². The quantitative estimate of drug-likeness (QED) is 0.773. The van der Waals surface area contributed by atoms with Crippen molar-refractivity contribution in [2.75, 3.05) is 32.7 Å². The number of piperazine rings is 1. The molecule has 29 heavy (non-hydrogen) atoms. The average molecular weight is 415 g/mol. The summed E-state index contributed by atoms with van der Waals surface area (Å²) in [4.78, 5) is 44.8. The van der Waals surface area contributed by atoms with Gasteiger partial charge in [0.2, 0.25) is 5.91 Å². The van der Waals surface area contributed by atoms with Crippen LogP contribution in [0.2, 0.25) is 0 Å². The Bertz CT molecular complexity index is 916. The lowest BCUT2D eigenvalue weighted by atomic mass is 10.1. The number of amides is 3. The summed E-state index contributed by atoms with van der Waals surface area (Å²) in [5.41, 5.74) is 3.23. The third-order valence-corrected chi connectivity index (χ3v) is 6.27. The zero-order chi connectivity index (χ0) is 21.0. The van der Waals surface area contributed by atoms with Crippen LogP contribution in [0.4, 0.5) is 0 Å². The summed E-state index contributed by atoms with van der Waals surface area (Å²) in [5, 5.41) is 3.68. The maximum atomic E-state index is 12.3. The normalized spacial score (nSPS) is 14.0. The largest absolute Gasteiger partial charge is 0.347 e. The molecule has 154 valence electrons. The Balaban J connectivity index is 1.50. The number of nitrogens with one attached hydrogen (secondary N) is 1. The molecule has 1 fully saturated rings. The number of carbonyl (C=O) groups excluding carboxylic acids is 3. The van der Waals surface area contributed by atoms with E-state index in [4.69, 9.17) is 0 Å². The van der Waals surface area contributed by atoms with Crippen LogP contribution in [-0.2, 0) is 20.8 Å². The Morgan fingerprint density at radius 1 is 1.10 bits per heavy atom. The van der Waals surface area contributed by atoms with Crippen molar-refractivity contribution >= 4 is 29.1 Å². The van der Waals surface area contributed by atoms with E-state index in [0.717, 1.165) is 21.1 Å². The summed E-state index contributed by atoms with van der Waals surface area (Å²) in [6.45, 7) is 7.62. The van der Waals surface area contributed by atoms with Crippen molar-refractivity contribution in [3.8, 4) is 10.6 Å². The van der Waals surface area contributed by atoms with Crippen LogP contribution in [0, 0.1) is 13.8 Å². The Labute approximate surface area is 174 Å². The molecule has 0 bridgehead atoms. The second-order valence-electron chi connectivity index (χ2n) is 7.20. The molecule has 0 radical (unpaired) electrons. The summed E-state index contributed by atoms with van der Waals surface area (Å²) in [5.74, 6) is -1.14. The minimum Gasteiger partial charge on any atom is -0.347 e. The minimum absolute atomic E-state index is 0.00786. The third-order valence-electron chi connectivity index (χ3n) is 5.00. The van der Waals surface area contributed by atoms with Crippen LogP contribution in [0.3, 0.4) is 0 Å². The Morgan fingerprint density at radius 2 is 1.79 bits per heavy atom. The van der Waals surface area contributed by atoms with Crippen LogP contribution in [0.1, 0.15) is 23.1 Å². The molecular formula is C21H26N4O3S. The van der Waals surface area contributed by atoms with Crippen LogP contribution in [-0.4, -0.2) is 65.2 Å². The highest BCUT2D eigenvalue weighted by atomic mass is 32.1. The van der Waals surface area contributed by atoms with E-state index in [2.05, 4.69) is 29.4 Å². The minimum atomic E-state index is -0.595. The summed E-state index contributed by atoms with van der Waals surface area (Å²) in [6, 6.07) is 8.22. The van der Waals surface area contributed by atoms with Crippen LogP contribution < -0.4 is 5.32 Å². The van der Waals surface area contributed by atoms with Gasteiger partial charge in [0.25, 0.3) is 0 Å². The molecule has 1 aromatic carbocycles. The number of aromatic nitrogens is 1. The van der Waals surface area contributed by atoms with Gasteiger partial charge in [0.05, 0.1) is 5.69 Å². The zero-order valence-corrected chi connectivity index (χ0v) is 17.8. The van der Waals surface area contributed by atoms with Gasteiger partial charge in [-0.15, -0.1) is 11.3 Å². The maximum absolute atomic E-state index is 12.3. The molecule has 3 rings (SSSR count). The van der Waals surface area contributed by atoms with Gasteiger partial charge in [0.15, 0.2) is 0 Å². The van der Waals surface area contributed by atoms with Crippen molar-refractivity contribution in [1.29, 1.82) is 0 Å². The lowest BCUT2D eigenvalue weighted by Gasteiger charge is -2.33. The van der Waals surface area contributed by atoms with E-state index >= 15 is 0 Å². The van der Waals surface area contributed by atoms with E-state index < -0.39 is 11.8 Å². The van der Waals surface area contributed by atoms with Gasteiger partial charge >= 0.3 is 11.8 Å². The highest BCUT2D eigenvalue weighted by Gasteiger charge is 2.26. The smallest absolute Gasteiger partial charge is 0.312 e. The molecule has 1 aromatic heterocycles. The zero-order valence-electron chi connectivity index (χ0n) is 17.0. The molecule has 0 aliphatic carbocycles. The molecule has 0 unspecified atom stereocenters. The third kappa shape index (κ3) is 5.20. The number of aryl methyl sites for hydroxylation is 2. The summed E-state index contributed by atoms with van der Waals surface area (Å²) >= 11 is 1.62. The fourth-order valence-corrected chi connectivity index (χ4v) is 4.35. The van der Waals surface area contributed by atoms with E-state index in [1.165, 1.54) is 17.4 Å². The van der Waals surface area contributed by atoms with Gasteiger partial charge in [0.1, 0.15) is 5.01 Å². The summed E-state index contributed by atoms with van der Waals surface area (Å²) < 4.78 is 0. The van der Waals surface area contributed by atoms with Gasteiger partial charge in [-0.1, -0.05) is 23.8 Å². The number of thiazole rings is 1. The molecule has 1 N–H and O–H groups in total. The van der Waals surface area contributed by atoms with E-state index in [-0.39, 0.29) is 5.91 Å². The van der Waals surface area contributed by atoms with Gasteiger partial charge in [0, 0.05) is 56.5 Å². The molecule has 8 heteroatoms. The van der Waals surface area contributed by atoms with Gasteiger partial charge in [-0.05, 0) is 19.9 Å². The Kier molecular flexibility index (Phi) is 6.64. The molecular weight excluding hydrogens is 388 g/mol. The number of benzene rings is 1. The second-order valence-corrected chi connectivity index (χ2v) is 8.28. The van der Waals surface area contributed by atoms with Crippen molar-refractivity contribution in [3.05, 3.63) is 40.4 Å². The first-order valence-corrected chi connectivity index (χ1v) is 10.5.